The fraction of sp³-hybridized carbons (Fsp3) is 0.360. The summed E-state index contributed by atoms with van der Waals surface area (Å²) in [5, 5.41) is 2.44. The number of unbranched alkanes of at least 4 members (excludes halogenated alkanes) is 1. The second kappa shape index (κ2) is 7.53. The minimum atomic E-state index is -0.286. The van der Waals surface area contributed by atoms with E-state index >= 15 is 0 Å². The third kappa shape index (κ3) is 3.04. The summed E-state index contributed by atoms with van der Waals surface area (Å²) >= 11 is 0. The Balaban J connectivity index is 1.50. The van der Waals surface area contributed by atoms with Gasteiger partial charge in [-0.1, -0.05) is 18.2 Å². The van der Waals surface area contributed by atoms with Gasteiger partial charge >= 0.3 is 5.97 Å². The van der Waals surface area contributed by atoms with Gasteiger partial charge in [0.15, 0.2) is 12.7 Å². The molecule has 1 aromatic carbocycles. The van der Waals surface area contributed by atoms with Crippen molar-refractivity contribution in [1.82, 2.24) is 4.98 Å². The zero-order chi connectivity index (χ0) is 20.7. The van der Waals surface area contributed by atoms with Crippen LogP contribution < -0.4 is 4.57 Å². The molecule has 0 radical (unpaired) electrons. The molecule has 0 bridgehead atoms. The van der Waals surface area contributed by atoms with Crippen LogP contribution in [0.5, 0.6) is 0 Å². The lowest BCUT2D eigenvalue weighted by molar-refractivity contribution is -0.717. The average molecular weight is 401 g/mol. The quantitative estimate of drug-likeness (QED) is 0.314. The number of nitrogens with zero attached hydrogens (tertiary/aromatic N) is 1. The van der Waals surface area contributed by atoms with Gasteiger partial charge in [0.25, 0.3) is 0 Å². The number of nitrogens with one attached hydrogen (secondary N) is 1. The number of ether oxygens (including phenoxy) is 2. The van der Waals surface area contributed by atoms with Gasteiger partial charge in [0.05, 0.1) is 24.4 Å². The number of esters is 1. The summed E-state index contributed by atoms with van der Waals surface area (Å²) in [4.78, 5) is 16.4. The van der Waals surface area contributed by atoms with Crippen molar-refractivity contribution in [3.05, 3.63) is 54.1 Å². The smallest absolute Gasteiger partial charge is 0.337 e. The van der Waals surface area contributed by atoms with Crippen molar-refractivity contribution in [2.45, 2.75) is 38.8 Å². The molecule has 2 aromatic heterocycles. The van der Waals surface area contributed by atoms with Crippen LogP contribution in [0.25, 0.3) is 21.8 Å². The highest BCUT2D eigenvalue weighted by Gasteiger charge is 2.45. The zero-order valence-corrected chi connectivity index (χ0v) is 17.1. The van der Waals surface area contributed by atoms with Crippen molar-refractivity contribution in [3.63, 3.8) is 0 Å². The molecule has 1 N–H and O–H groups in total. The van der Waals surface area contributed by atoms with Gasteiger partial charge in [0, 0.05) is 41.1 Å². The molecule has 0 saturated carbocycles. The molecule has 2 aliphatic rings. The standard InChI is InChI=1S/C25H24N2O3/c1-3-4-7-12-29-25(28)21-15-30-16(2)20-14-27-11-10-18-17-8-5-6-9-22(17)26-24(18)23(27)13-19(20)21/h1,5-6,8-11,15-16,19-20H,4,7,12-14H2,2H3/p+1/t16-,19-,20+/m0/s1. The van der Waals surface area contributed by atoms with Crippen LogP contribution in [0.4, 0.5) is 0 Å². The summed E-state index contributed by atoms with van der Waals surface area (Å²) < 4.78 is 13.6. The first-order valence-corrected chi connectivity index (χ1v) is 10.5. The maximum absolute atomic E-state index is 12.8. The molecule has 30 heavy (non-hydrogen) atoms. The number of fused-ring (bicyclic) bond motifs is 6. The monoisotopic (exact) mass is 401 g/mol. The SMILES string of the molecule is C#CCCCOC(=O)C1=CO[C@@H](C)[C@H]2C[n+]3ccc4c([nH]c5ccccc54)c3C[C@H]12. The summed E-state index contributed by atoms with van der Waals surface area (Å²) in [5.74, 6) is 2.59. The predicted molar refractivity (Wildman–Crippen MR) is 114 cm³/mol. The molecule has 0 amide bonds. The van der Waals surface area contributed by atoms with Gasteiger partial charge in [-0.25, -0.2) is 9.36 Å². The van der Waals surface area contributed by atoms with E-state index < -0.39 is 0 Å². The van der Waals surface area contributed by atoms with Crippen LogP contribution in [0.2, 0.25) is 0 Å². The molecular weight excluding hydrogens is 376 g/mol. The Morgan fingerprint density at radius 1 is 1.33 bits per heavy atom. The number of terminal acetylenes is 1. The minimum absolute atomic E-state index is 0.0482. The summed E-state index contributed by atoms with van der Waals surface area (Å²) in [6, 6.07) is 10.5. The van der Waals surface area contributed by atoms with Gasteiger partial charge < -0.3 is 14.5 Å². The Morgan fingerprint density at radius 3 is 3.07 bits per heavy atom. The van der Waals surface area contributed by atoms with E-state index in [0.717, 1.165) is 24.0 Å². The van der Waals surface area contributed by atoms with Gasteiger partial charge in [0.1, 0.15) is 11.6 Å². The van der Waals surface area contributed by atoms with Crippen LogP contribution in [0, 0.1) is 24.2 Å². The van der Waals surface area contributed by atoms with Crippen LogP contribution in [-0.2, 0) is 27.2 Å². The number of aromatic amines is 1. The number of rotatable bonds is 4. The Bertz CT molecular complexity index is 1200. The molecule has 3 atom stereocenters. The van der Waals surface area contributed by atoms with E-state index in [1.165, 1.54) is 16.5 Å². The first kappa shape index (κ1) is 18.7. The third-order valence-corrected chi connectivity index (χ3v) is 6.49. The first-order chi connectivity index (χ1) is 14.7. The lowest BCUT2D eigenvalue weighted by atomic mass is 9.76. The van der Waals surface area contributed by atoms with Gasteiger partial charge in [-0.3, -0.25) is 0 Å². The van der Waals surface area contributed by atoms with E-state index in [1.807, 2.05) is 6.07 Å². The average Bonchev–Trinajstić information content (AvgIpc) is 3.15. The van der Waals surface area contributed by atoms with E-state index in [4.69, 9.17) is 15.9 Å². The second-order valence-corrected chi connectivity index (χ2v) is 8.21. The minimum Gasteiger partial charge on any atom is -0.497 e. The molecule has 5 heteroatoms. The highest BCUT2D eigenvalue weighted by Crippen LogP contribution is 2.38. The Morgan fingerprint density at radius 2 is 2.20 bits per heavy atom. The zero-order valence-electron chi connectivity index (χ0n) is 17.1. The largest absolute Gasteiger partial charge is 0.497 e. The van der Waals surface area contributed by atoms with E-state index in [2.05, 4.69) is 52.9 Å². The molecular formula is C25H25N2O3+. The maximum Gasteiger partial charge on any atom is 0.337 e. The van der Waals surface area contributed by atoms with Crippen molar-refractivity contribution in [2.75, 3.05) is 6.61 Å². The van der Waals surface area contributed by atoms with Crippen LogP contribution in [-0.4, -0.2) is 23.7 Å². The summed E-state index contributed by atoms with van der Waals surface area (Å²) in [7, 11) is 0. The summed E-state index contributed by atoms with van der Waals surface area (Å²) in [6.07, 6.45) is 11.2. The number of hydrogen-bond donors (Lipinski definition) is 1. The molecule has 0 saturated heterocycles. The number of pyridine rings is 1. The number of benzene rings is 1. The van der Waals surface area contributed by atoms with Crippen LogP contribution in [0.15, 0.2) is 48.4 Å². The third-order valence-electron chi connectivity index (χ3n) is 6.49. The van der Waals surface area contributed by atoms with Crippen molar-refractivity contribution in [1.29, 1.82) is 0 Å². The number of para-hydroxylation sites is 1. The molecule has 0 fully saturated rings. The fourth-order valence-electron chi connectivity index (χ4n) is 4.87. The highest BCUT2D eigenvalue weighted by molar-refractivity contribution is 6.07. The van der Waals surface area contributed by atoms with Crippen LogP contribution in [0.3, 0.4) is 0 Å². The summed E-state index contributed by atoms with van der Waals surface area (Å²) in [5.41, 5.74) is 4.15. The Hall–Kier alpha value is -3.26. The van der Waals surface area contributed by atoms with Gasteiger partial charge in [-0.05, 0) is 19.4 Å². The van der Waals surface area contributed by atoms with E-state index in [-0.39, 0.29) is 23.9 Å². The number of hydrogen-bond acceptors (Lipinski definition) is 3. The molecule has 4 heterocycles. The fourth-order valence-corrected chi connectivity index (χ4v) is 4.87. The number of aromatic nitrogens is 2. The van der Waals surface area contributed by atoms with Gasteiger partial charge in [-0.15, -0.1) is 12.3 Å². The van der Waals surface area contributed by atoms with Crippen molar-refractivity contribution in [3.8, 4) is 12.3 Å². The molecule has 2 aliphatic heterocycles. The Labute approximate surface area is 175 Å². The molecule has 3 aromatic rings. The number of carbonyl (C=O) groups excluding carboxylic acids is 1. The van der Waals surface area contributed by atoms with Crippen molar-refractivity contribution in [2.24, 2.45) is 11.8 Å². The molecule has 0 unspecified atom stereocenters. The van der Waals surface area contributed by atoms with Gasteiger partial charge in [0.2, 0.25) is 5.69 Å². The lowest BCUT2D eigenvalue weighted by Gasteiger charge is -2.36. The first-order valence-electron chi connectivity index (χ1n) is 10.5. The second-order valence-electron chi connectivity index (χ2n) is 8.21. The normalized spacial score (nSPS) is 22.5. The lowest BCUT2D eigenvalue weighted by Crippen LogP contribution is -2.54. The molecule has 5 nitrogen and oxygen atoms in total. The van der Waals surface area contributed by atoms with Gasteiger partial charge in [-0.2, -0.15) is 0 Å². The topological polar surface area (TPSA) is 55.2 Å². The maximum atomic E-state index is 12.8. The van der Waals surface area contributed by atoms with E-state index in [1.54, 1.807) is 6.26 Å². The van der Waals surface area contributed by atoms with Crippen molar-refractivity contribution >= 4 is 27.8 Å². The van der Waals surface area contributed by atoms with Crippen LogP contribution in [0.1, 0.15) is 25.5 Å². The molecule has 0 aliphatic carbocycles. The Kier molecular flexibility index (Phi) is 4.71. The molecule has 152 valence electrons. The predicted octanol–water partition coefficient (Wildman–Crippen LogP) is 3.66. The van der Waals surface area contributed by atoms with E-state index in [0.29, 0.717) is 25.0 Å². The summed E-state index contributed by atoms with van der Waals surface area (Å²) in [6.45, 7) is 3.23. The highest BCUT2D eigenvalue weighted by atomic mass is 16.5. The number of carbonyl (C=O) groups is 1. The van der Waals surface area contributed by atoms with Crippen molar-refractivity contribution < 1.29 is 18.8 Å². The number of H-pyrrole nitrogens is 1. The molecule has 0 spiro atoms. The van der Waals surface area contributed by atoms with Crippen LogP contribution >= 0.6 is 0 Å². The van der Waals surface area contributed by atoms with E-state index in [9.17, 15) is 4.79 Å². The molecule has 5 rings (SSSR count).